The monoisotopic (exact) mass is 348 g/mol. The highest BCUT2D eigenvalue weighted by Gasteiger charge is 2.62. The molecule has 0 unspecified atom stereocenters. The molecule has 24 heavy (non-hydrogen) atoms. The summed E-state index contributed by atoms with van der Waals surface area (Å²) in [5.74, 6) is 1.91. The Kier molecular flexibility index (Phi) is 3.81. The molecule has 0 spiro atoms. The first-order chi connectivity index (χ1) is 11.3. The second kappa shape index (κ2) is 5.43. The van der Waals surface area contributed by atoms with E-state index in [4.69, 9.17) is 11.6 Å². The van der Waals surface area contributed by atoms with Crippen LogP contribution in [0.1, 0.15) is 65.7 Å². The van der Waals surface area contributed by atoms with Gasteiger partial charge in [-0.25, -0.2) is 0 Å². The van der Waals surface area contributed by atoms with Gasteiger partial charge in [0, 0.05) is 23.6 Å². The highest BCUT2D eigenvalue weighted by Crippen LogP contribution is 2.65. The molecule has 0 aliphatic heterocycles. The first-order valence-electron chi connectivity index (χ1n) is 9.64. The van der Waals surface area contributed by atoms with Crippen LogP contribution >= 0.6 is 11.6 Å². The van der Waals surface area contributed by atoms with Crippen molar-refractivity contribution in [3.63, 3.8) is 0 Å². The molecule has 0 amide bonds. The van der Waals surface area contributed by atoms with Crippen molar-refractivity contribution in [2.24, 2.45) is 34.5 Å². The Bertz CT molecular complexity index is 623. The normalized spacial score (nSPS) is 50.6. The summed E-state index contributed by atoms with van der Waals surface area (Å²) in [6, 6.07) is 0. The predicted octanol–water partition coefficient (Wildman–Crippen LogP) is 4.94. The molecule has 0 heterocycles. The number of ketones is 2. The lowest BCUT2D eigenvalue weighted by Crippen LogP contribution is -2.55. The zero-order valence-electron chi connectivity index (χ0n) is 15.1. The van der Waals surface area contributed by atoms with E-state index in [2.05, 4.69) is 19.9 Å². The third-order valence-corrected chi connectivity index (χ3v) is 8.59. The van der Waals surface area contributed by atoms with Crippen LogP contribution in [-0.2, 0) is 9.59 Å². The van der Waals surface area contributed by atoms with E-state index in [1.54, 1.807) is 6.92 Å². The van der Waals surface area contributed by atoms with Crippen molar-refractivity contribution >= 4 is 23.2 Å². The molecule has 3 heteroatoms. The Morgan fingerprint density at radius 1 is 1.25 bits per heavy atom. The van der Waals surface area contributed by atoms with Gasteiger partial charge in [-0.3, -0.25) is 9.59 Å². The van der Waals surface area contributed by atoms with E-state index >= 15 is 0 Å². The summed E-state index contributed by atoms with van der Waals surface area (Å²) >= 11 is 6.41. The van der Waals surface area contributed by atoms with Gasteiger partial charge in [0.15, 0.2) is 0 Å². The fraction of sp³-hybridized carbons (Fsp3) is 0.810. The van der Waals surface area contributed by atoms with Crippen molar-refractivity contribution in [1.29, 1.82) is 0 Å². The Labute approximate surface area is 150 Å². The van der Waals surface area contributed by atoms with Crippen molar-refractivity contribution in [2.75, 3.05) is 0 Å². The van der Waals surface area contributed by atoms with E-state index in [0.29, 0.717) is 24.0 Å². The number of hydrogen-bond acceptors (Lipinski definition) is 2. The summed E-state index contributed by atoms with van der Waals surface area (Å²) in [4.78, 5) is 25.5. The molecule has 4 aliphatic carbocycles. The zero-order chi connectivity index (χ0) is 17.3. The van der Waals surface area contributed by atoms with E-state index in [9.17, 15) is 9.59 Å². The summed E-state index contributed by atoms with van der Waals surface area (Å²) in [5.41, 5.74) is 1.35. The topological polar surface area (TPSA) is 34.1 Å². The molecular weight excluding hydrogens is 320 g/mol. The number of rotatable bonds is 1. The second-order valence-corrected chi connectivity index (χ2v) is 9.98. The molecule has 0 aromatic rings. The van der Waals surface area contributed by atoms with Crippen molar-refractivity contribution < 1.29 is 9.59 Å². The van der Waals surface area contributed by atoms with Crippen LogP contribution in [0.3, 0.4) is 0 Å². The van der Waals surface area contributed by atoms with Gasteiger partial charge in [-0.1, -0.05) is 25.5 Å². The highest BCUT2D eigenvalue weighted by atomic mass is 35.5. The smallest absolute Gasteiger partial charge is 0.137 e. The van der Waals surface area contributed by atoms with E-state index in [1.807, 2.05) is 0 Å². The molecule has 0 N–H and O–H groups in total. The van der Waals surface area contributed by atoms with E-state index in [0.717, 1.165) is 38.5 Å². The fourth-order valence-corrected chi connectivity index (χ4v) is 7.39. The van der Waals surface area contributed by atoms with Crippen LogP contribution in [0.25, 0.3) is 0 Å². The Morgan fingerprint density at radius 3 is 2.71 bits per heavy atom. The second-order valence-electron chi connectivity index (χ2n) is 9.36. The fourth-order valence-electron chi connectivity index (χ4n) is 7.11. The number of carbonyl (C=O) groups excluding carboxylic acids is 2. The van der Waals surface area contributed by atoms with Crippen LogP contribution in [0.5, 0.6) is 0 Å². The van der Waals surface area contributed by atoms with Crippen LogP contribution in [0.2, 0.25) is 0 Å². The zero-order valence-corrected chi connectivity index (χ0v) is 15.9. The summed E-state index contributed by atoms with van der Waals surface area (Å²) in [5, 5.41) is 0.235. The number of fused-ring (bicyclic) bond motifs is 5. The average Bonchev–Trinajstić information content (AvgIpc) is 2.84. The number of halogens is 1. The van der Waals surface area contributed by atoms with E-state index < -0.39 is 0 Å². The van der Waals surface area contributed by atoms with Crippen molar-refractivity contribution in [3.8, 4) is 0 Å². The number of carbonyl (C=O) groups is 2. The lowest BCUT2D eigenvalue weighted by Gasteiger charge is -2.56. The minimum absolute atomic E-state index is 0.0149. The van der Waals surface area contributed by atoms with Gasteiger partial charge in [-0.05, 0) is 68.1 Å². The third-order valence-electron chi connectivity index (χ3n) is 8.22. The Hall–Kier alpha value is -0.630. The molecule has 3 fully saturated rings. The van der Waals surface area contributed by atoms with Gasteiger partial charge in [0.05, 0.1) is 0 Å². The maximum Gasteiger partial charge on any atom is 0.137 e. The quantitative estimate of drug-likeness (QED) is 0.496. The average molecular weight is 349 g/mol. The highest BCUT2D eigenvalue weighted by molar-refractivity contribution is 6.20. The Morgan fingerprint density at radius 2 is 2.00 bits per heavy atom. The van der Waals surface area contributed by atoms with Crippen LogP contribution in [0.4, 0.5) is 0 Å². The third kappa shape index (κ3) is 2.14. The van der Waals surface area contributed by atoms with Crippen molar-refractivity contribution in [3.05, 3.63) is 11.6 Å². The number of alkyl halides is 1. The molecule has 132 valence electrons. The molecule has 7 atom stereocenters. The maximum atomic E-state index is 13.3. The molecule has 0 radical (unpaired) electrons. The van der Waals surface area contributed by atoms with Crippen LogP contribution < -0.4 is 0 Å². The van der Waals surface area contributed by atoms with Gasteiger partial charge in [0.25, 0.3) is 0 Å². The lowest BCUT2D eigenvalue weighted by molar-refractivity contribution is -0.145. The molecule has 0 bridgehead atoms. The first kappa shape index (κ1) is 16.8. The molecule has 4 aliphatic rings. The van der Waals surface area contributed by atoms with Crippen LogP contribution in [0.15, 0.2) is 11.6 Å². The first-order valence-corrected chi connectivity index (χ1v) is 10.1. The van der Waals surface area contributed by atoms with Gasteiger partial charge >= 0.3 is 0 Å². The minimum Gasteiger partial charge on any atom is -0.300 e. The number of hydrogen-bond donors (Lipinski definition) is 0. The standard InChI is InChI=1S/C21H29ClO2/c1-12(23)16-6-7-17-15-5-4-13-10-14(22)8-9-20(13,2)19(15)18(24)11-21(16,17)3/h4,14-17,19H,5-11H2,1-3H3/t14-,15+,16-,17+,19-,20+,21-/m1/s1. The predicted molar refractivity (Wildman–Crippen MR) is 95.9 cm³/mol. The molecule has 4 rings (SSSR count). The van der Waals surface area contributed by atoms with Gasteiger partial charge in [0.2, 0.25) is 0 Å². The number of allylic oxidation sites excluding steroid dienone is 2. The molecule has 3 saturated carbocycles. The van der Waals surface area contributed by atoms with E-state index in [-0.39, 0.29) is 33.8 Å². The van der Waals surface area contributed by atoms with Gasteiger partial charge < -0.3 is 0 Å². The largest absolute Gasteiger partial charge is 0.300 e. The molecule has 2 nitrogen and oxygen atoms in total. The maximum absolute atomic E-state index is 13.3. The lowest BCUT2D eigenvalue weighted by atomic mass is 9.47. The summed E-state index contributed by atoms with van der Waals surface area (Å²) in [6.07, 6.45) is 9.13. The summed E-state index contributed by atoms with van der Waals surface area (Å²) in [6.45, 7) is 6.26. The van der Waals surface area contributed by atoms with Gasteiger partial charge in [0.1, 0.15) is 11.6 Å². The van der Waals surface area contributed by atoms with Crippen LogP contribution in [-0.4, -0.2) is 16.9 Å². The molecule has 0 saturated heterocycles. The van der Waals surface area contributed by atoms with Gasteiger partial charge in [-0.2, -0.15) is 0 Å². The summed E-state index contributed by atoms with van der Waals surface area (Å²) in [7, 11) is 0. The SMILES string of the molecule is CC(=O)[C@H]1CC[C@H]2[C@@H]3CC=C4C[C@H](Cl)CC[C@]4(C)[C@H]3C(=O)C[C@]12C. The Balaban J connectivity index is 1.73. The van der Waals surface area contributed by atoms with Crippen molar-refractivity contribution in [1.82, 2.24) is 0 Å². The van der Waals surface area contributed by atoms with Crippen molar-refractivity contribution in [2.45, 2.75) is 71.1 Å². The van der Waals surface area contributed by atoms with Crippen LogP contribution in [0, 0.1) is 34.5 Å². The van der Waals surface area contributed by atoms with Gasteiger partial charge in [-0.15, -0.1) is 11.6 Å². The van der Waals surface area contributed by atoms with E-state index in [1.165, 1.54) is 5.57 Å². The number of Topliss-reactive ketones (excluding diaryl/α,β-unsaturated/α-hetero) is 2. The summed E-state index contributed by atoms with van der Waals surface area (Å²) < 4.78 is 0. The molecule has 0 aromatic carbocycles. The minimum atomic E-state index is -0.102. The molecular formula is C21H29ClO2. The molecule has 0 aromatic heterocycles.